The number of carboxylic acids is 1. The molecule has 8 heteroatoms. The zero-order valence-electron chi connectivity index (χ0n) is 25.8. The summed E-state index contributed by atoms with van der Waals surface area (Å²) < 4.78 is 8.26. The Labute approximate surface area is 252 Å². The smallest absolute Gasteiger partial charge is 0.310 e. The van der Waals surface area contributed by atoms with Crippen molar-refractivity contribution in [3.05, 3.63) is 94.3 Å². The van der Waals surface area contributed by atoms with Crippen LogP contribution >= 0.6 is 0 Å². The highest BCUT2D eigenvalue weighted by molar-refractivity contribution is 5.84. The molecule has 0 spiro atoms. The molecule has 3 heterocycles. The van der Waals surface area contributed by atoms with E-state index in [4.69, 9.17) is 4.74 Å². The van der Waals surface area contributed by atoms with Crippen molar-refractivity contribution in [3.63, 3.8) is 0 Å². The second-order valence-electron chi connectivity index (χ2n) is 12.5. The summed E-state index contributed by atoms with van der Waals surface area (Å²) >= 11 is 0. The lowest BCUT2D eigenvalue weighted by molar-refractivity contribution is -0.147. The Hall–Kier alpha value is -4.30. The van der Waals surface area contributed by atoms with Crippen molar-refractivity contribution in [2.24, 2.45) is 12.5 Å². The molecule has 0 aliphatic carbocycles. The van der Waals surface area contributed by atoms with Crippen molar-refractivity contribution < 1.29 is 14.6 Å². The van der Waals surface area contributed by atoms with E-state index in [1.807, 2.05) is 58.4 Å². The van der Waals surface area contributed by atoms with Crippen molar-refractivity contribution in [1.82, 2.24) is 24.9 Å². The molecule has 1 unspecified atom stereocenters. The molecule has 0 radical (unpaired) electrons. The second kappa shape index (κ2) is 11.1. The number of nitrogens with zero attached hydrogens (tertiary/aromatic N) is 5. The first-order chi connectivity index (χ1) is 20.6. The van der Waals surface area contributed by atoms with Crippen molar-refractivity contribution in [3.8, 4) is 5.75 Å². The number of rotatable bonds is 7. The molecule has 0 saturated carbocycles. The van der Waals surface area contributed by atoms with Crippen molar-refractivity contribution in [1.29, 1.82) is 0 Å². The lowest BCUT2D eigenvalue weighted by atomic mass is 9.69. The fourth-order valence-electron chi connectivity index (χ4n) is 6.49. The number of pyridine rings is 1. The third-order valence-corrected chi connectivity index (χ3v) is 9.19. The van der Waals surface area contributed by atoms with Crippen LogP contribution in [0.5, 0.6) is 5.75 Å². The predicted octanol–water partition coefficient (Wildman–Crippen LogP) is 6.55. The number of benzene rings is 3. The number of carbonyl (C=O) groups is 1. The minimum absolute atomic E-state index is 0.0732. The fraction of sp³-hybridized carbons (Fsp3) is 0.371. The number of aromatic nitrogens is 4. The van der Waals surface area contributed by atoms with Gasteiger partial charge in [0.05, 0.1) is 10.9 Å². The van der Waals surface area contributed by atoms with Gasteiger partial charge in [0, 0.05) is 55.9 Å². The van der Waals surface area contributed by atoms with Crippen molar-refractivity contribution in [2.45, 2.75) is 66.2 Å². The topological polar surface area (TPSA) is 93.4 Å². The van der Waals surface area contributed by atoms with Crippen LogP contribution in [-0.2, 0) is 24.9 Å². The third-order valence-electron chi connectivity index (χ3n) is 9.19. The van der Waals surface area contributed by atoms with E-state index < -0.39 is 11.4 Å². The van der Waals surface area contributed by atoms with E-state index in [9.17, 15) is 9.90 Å². The number of hydrogen-bond acceptors (Lipinski definition) is 6. The molecule has 1 aliphatic rings. The molecule has 3 aromatic carbocycles. The average Bonchev–Trinajstić information content (AvgIpc) is 3.27. The molecule has 1 N–H and O–H groups in total. The summed E-state index contributed by atoms with van der Waals surface area (Å²) in [5.74, 6) is -0.282. The summed E-state index contributed by atoms with van der Waals surface area (Å²) in [6, 6.07) is 16.8. The van der Waals surface area contributed by atoms with Crippen LogP contribution in [0.4, 0.5) is 0 Å². The Bertz CT molecular complexity index is 1840. The number of aryl methyl sites for hydroxylation is 3. The van der Waals surface area contributed by atoms with Crippen LogP contribution in [0.3, 0.4) is 0 Å². The Balaban J connectivity index is 1.40. The first-order valence-electron chi connectivity index (χ1n) is 14.9. The van der Waals surface area contributed by atoms with Crippen LogP contribution in [0, 0.1) is 19.3 Å². The average molecular weight is 578 g/mol. The minimum Gasteiger partial charge on any atom is -0.489 e. The van der Waals surface area contributed by atoms with E-state index >= 15 is 0 Å². The Morgan fingerprint density at radius 3 is 2.70 bits per heavy atom. The SMILES string of the molecule is CC[C@@H]1CN(Cc2cc(C(c3ccc4c(nnn4C)c3C)C(C)(C)C(=O)O)ccc2C)Cc2cc3cnccc3cc2O1. The second-order valence-corrected chi connectivity index (χ2v) is 12.5. The van der Waals surface area contributed by atoms with Crippen LogP contribution in [0.2, 0.25) is 0 Å². The Morgan fingerprint density at radius 1 is 1.12 bits per heavy atom. The van der Waals surface area contributed by atoms with E-state index in [1.165, 1.54) is 11.1 Å². The fourth-order valence-corrected chi connectivity index (χ4v) is 6.49. The van der Waals surface area contributed by atoms with Crippen LogP contribution < -0.4 is 4.74 Å². The van der Waals surface area contributed by atoms with Crippen LogP contribution in [0.25, 0.3) is 21.8 Å². The van der Waals surface area contributed by atoms with Gasteiger partial charge in [-0.25, -0.2) is 4.68 Å². The summed E-state index contributed by atoms with van der Waals surface area (Å²) in [5, 5.41) is 21.3. The molecule has 0 amide bonds. The molecule has 0 bridgehead atoms. The lowest BCUT2D eigenvalue weighted by Crippen LogP contribution is -2.33. The van der Waals surface area contributed by atoms with E-state index in [1.54, 1.807) is 4.68 Å². The van der Waals surface area contributed by atoms with Gasteiger partial charge in [0.15, 0.2) is 0 Å². The number of aliphatic carboxylic acids is 1. The van der Waals surface area contributed by atoms with Gasteiger partial charge in [-0.05, 0) is 91.6 Å². The summed E-state index contributed by atoms with van der Waals surface area (Å²) in [6.45, 7) is 12.2. The zero-order chi connectivity index (χ0) is 30.5. The van der Waals surface area contributed by atoms with Gasteiger partial charge in [0.1, 0.15) is 17.4 Å². The van der Waals surface area contributed by atoms with Gasteiger partial charge < -0.3 is 9.84 Å². The van der Waals surface area contributed by atoms with E-state index in [0.717, 1.165) is 75.9 Å². The highest BCUT2D eigenvalue weighted by Gasteiger charge is 2.40. The Morgan fingerprint density at radius 2 is 1.93 bits per heavy atom. The summed E-state index contributed by atoms with van der Waals surface area (Å²) in [4.78, 5) is 19.5. The first kappa shape index (κ1) is 28.8. The lowest BCUT2D eigenvalue weighted by Gasteiger charge is -2.33. The quantitative estimate of drug-likeness (QED) is 0.234. The Kier molecular flexibility index (Phi) is 7.42. The number of hydrogen-bond donors (Lipinski definition) is 1. The molecule has 8 nitrogen and oxygen atoms in total. The van der Waals surface area contributed by atoms with Gasteiger partial charge in [-0.15, -0.1) is 5.10 Å². The standard InChI is InChI=1S/C35H39N5O3/c1-7-28-20-40(19-27-15-25-17-36-13-12-23(25)16-31(27)43-28)18-26-14-24(9-8-21(26)2)32(35(4,5)34(41)42)29-10-11-30-33(22(29)3)37-38-39(30)6/h8-17,28,32H,7,18-20H2,1-6H3,(H,41,42)/t28-,32?/m1/s1. The molecule has 6 rings (SSSR count). The molecular weight excluding hydrogens is 538 g/mol. The molecular formula is C35H39N5O3. The molecule has 2 atom stereocenters. The maximum atomic E-state index is 12.7. The monoisotopic (exact) mass is 577 g/mol. The zero-order valence-corrected chi connectivity index (χ0v) is 25.8. The molecule has 2 aromatic heterocycles. The normalized spacial score (nSPS) is 16.6. The van der Waals surface area contributed by atoms with Gasteiger partial charge in [-0.3, -0.25) is 14.7 Å². The van der Waals surface area contributed by atoms with Crippen LogP contribution in [-0.4, -0.2) is 48.6 Å². The van der Waals surface area contributed by atoms with E-state index in [0.29, 0.717) is 0 Å². The number of fused-ring (bicyclic) bond motifs is 3. The maximum absolute atomic E-state index is 12.7. The molecule has 1 aliphatic heterocycles. The first-order valence-corrected chi connectivity index (χ1v) is 14.9. The molecule has 0 fully saturated rings. The van der Waals surface area contributed by atoms with E-state index in [2.05, 4.69) is 64.4 Å². The van der Waals surface area contributed by atoms with Crippen LogP contribution in [0.1, 0.15) is 66.5 Å². The number of carboxylic acid groups (broad SMARTS) is 1. The van der Waals surface area contributed by atoms with Gasteiger partial charge in [0.2, 0.25) is 0 Å². The van der Waals surface area contributed by atoms with Gasteiger partial charge in [0.25, 0.3) is 0 Å². The minimum atomic E-state index is -1.06. The van der Waals surface area contributed by atoms with E-state index in [-0.39, 0.29) is 12.0 Å². The predicted molar refractivity (Wildman–Crippen MR) is 168 cm³/mol. The largest absolute Gasteiger partial charge is 0.489 e. The highest BCUT2D eigenvalue weighted by Crippen LogP contribution is 2.44. The summed E-state index contributed by atoms with van der Waals surface area (Å²) in [6.07, 6.45) is 4.70. The highest BCUT2D eigenvalue weighted by atomic mass is 16.5. The van der Waals surface area contributed by atoms with Gasteiger partial charge in [-0.1, -0.05) is 36.4 Å². The van der Waals surface area contributed by atoms with Gasteiger partial charge in [-0.2, -0.15) is 0 Å². The summed E-state index contributed by atoms with van der Waals surface area (Å²) in [5.41, 5.74) is 7.08. The third kappa shape index (κ3) is 5.25. The molecule has 43 heavy (non-hydrogen) atoms. The molecule has 0 saturated heterocycles. The van der Waals surface area contributed by atoms with Crippen molar-refractivity contribution >= 4 is 27.8 Å². The van der Waals surface area contributed by atoms with Crippen LogP contribution in [0.15, 0.2) is 60.9 Å². The number of ether oxygens (including phenoxy) is 1. The maximum Gasteiger partial charge on any atom is 0.310 e. The van der Waals surface area contributed by atoms with Gasteiger partial charge >= 0.3 is 5.97 Å². The molecule has 5 aromatic rings. The summed E-state index contributed by atoms with van der Waals surface area (Å²) in [7, 11) is 1.87. The molecule has 222 valence electrons. The van der Waals surface area contributed by atoms with Crippen molar-refractivity contribution in [2.75, 3.05) is 6.54 Å².